The molecule has 0 fully saturated rings. The molecular weight excluding hydrogens is 326 g/mol. The zero-order valence-electron chi connectivity index (χ0n) is 14.3. The van der Waals surface area contributed by atoms with E-state index >= 15 is 0 Å². The molecule has 3 aromatic rings. The molecule has 0 saturated carbocycles. The average molecular weight is 343 g/mol. The van der Waals surface area contributed by atoms with Crippen LogP contribution in [0.15, 0.2) is 71.8 Å². The number of amides is 2. The van der Waals surface area contributed by atoms with Crippen molar-refractivity contribution < 1.29 is 9.59 Å². The van der Waals surface area contributed by atoms with Crippen LogP contribution < -0.4 is 10.3 Å². The Morgan fingerprint density at radius 3 is 2.50 bits per heavy atom. The molecule has 5 nitrogen and oxygen atoms in total. The van der Waals surface area contributed by atoms with Gasteiger partial charge in [0.2, 0.25) is 0 Å². The normalized spacial score (nSPS) is 13.3. The minimum Gasteiger partial charge on any atom is -0.298 e. The Bertz CT molecular complexity index is 1040. The largest absolute Gasteiger partial charge is 0.298 e. The average Bonchev–Trinajstić information content (AvgIpc) is 2.95. The summed E-state index contributed by atoms with van der Waals surface area (Å²) < 4.78 is 0. The highest BCUT2D eigenvalue weighted by molar-refractivity contribution is 6.26. The number of hydrogen-bond donors (Lipinski definition) is 1. The lowest BCUT2D eigenvalue weighted by Gasteiger charge is -2.16. The van der Waals surface area contributed by atoms with Crippen LogP contribution >= 0.6 is 0 Å². The zero-order valence-corrected chi connectivity index (χ0v) is 14.3. The van der Waals surface area contributed by atoms with E-state index in [4.69, 9.17) is 0 Å². The van der Waals surface area contributed by atoms with Crippen molar-refractivity contribution in [2.24, 2.45) is 5.10 Å². The van der Waals surface area contributed by atoms with Gasteiger partial charge in [0.05, 0.1) is 11.4 Å². The van der Waals surface area contributed by atoms with Crippen molar-refractivity contribution in [3.63, 3.8) is 0 Å². The van der Waals surface area contributed by atoms with Crippen LogP contribution in [0.25, 0.3) is 10.8 Å². The first-order chi connectivity index (χ1) is 12.6. The van der Waals surface area contributed by atoms with Gasteiger partial charge in [0.25, 0.3) is 11.8 Å². The molecule has 2 amide bonds. The third kappa shape index (κ3) is 2.73. The lowest BCUT2D eigenvalue weighted by Crippen LogP contribution is -2.37. The minimum absolute atomic E-state index is 0.0712. The molecule has 0 saturated heterocycles. The predicted octanol–water partition coefficient (Wildman–Crippen LogP) is 3.34. The Morgan fingerprint density at radius 1 is 1.00 bits per heavy atom. The number of hydrazone groups is 1. The number of carbonyl (C=O) groups is 2. The SMILES string of the molecule is C/C(=N/NC(=O)CN1C(=O)c2cccc3cccc1c23)c1ccccc1. The second-order valence-electron chi connectivity index (χ2n) is 6.17. The van der Waals surface area contributed by atoms with Crippen molar-refractivity contribution in [3.8, 4) is 0 Å². The van der Waals surface area contributed by atoms with E-state index in [-0.39, 0.29) is 18.4 Å². The van der Waals surface area contributed by atoms with Gasteiger partial charge >= 0.3 is 0 Å². The Labute approximate surface area is 150 Å². The molecule has 4 rings (SSSR count). The molecule has 0 unspecified atom stereocenters. The van der Waals surface area contributed by atoms with Gasteiger partial charge in [-0.15, -0.1) is 0 Å². The van der Waals surface area contributed by atoms with Crippen LogP contribution in [0.2, 0.25) is 0 Å². The fraction of sp³-hybridized carbons (Fsp3) is 0.0952. The second kappa shape index (κ2) is 6.44. The standard InChI is InChI=1S/C21H17N3O2/c1-14(15-7-3-2-4-8-15)22-23-19(25)13-24-18-12-6-10-16-9-5-11-17(20(16)18)21(24)26/h2-12H,13H2,1H3,(H,23,25)/b22-14-. The molecule has 5 heteroatoms. The van der Waals surface area contributed by atoms with Gasteiger partial charge < -0.3 is 0 Å². The van der Waals surface area contributed by atoms with Crippen molar-refractivity contribution in [2.75, 3.05) is 11.4 Å². The van der Waals surface area contributed by atoms with Crippen molar-refractivity contribution >= 4 is 34.0 Å². The lowest BCUT2D eigenvalue weighted by atomic mass is 10.1. The second-order valence-corrected chi connectivity index (χ2v) is 6.17. The monoisotopic (exact) mass is 343 g/mol. The molecule has 0 radical (unpaired) electrons. The van der Waals surface area contributed by atoms with Gasteiger partial charge in [-0.1, -0.05) is 54.6 Å². The van der Waals surface area contributed by atoms with E-state index in [0.29, 0.717) is 11.3 Å². The summed E-state index contributed by atoms with van der Waals surface area (Å²) in [6.07, 6.45) is 0. The van der Waals surface area contributed by atoms with E-state index in [1.54, 1.807) is 6.07 Å². The van der Waals surface area contributed by atoms with Gasteiger partial charge in [0.1, 0.15) is 6.54 Å². The maximum atomic E-state index is 12.7. The summed E-state index contributed by atoms with van der Waals surface area (Å²) in [6, 6.07) is 20.9. The molecule has 0 bridgehead atoms. The van der Waals surface area contributed by atoms with Gasteiger partial charge in [-0.2, -0.15) is 5.10 Å². The summed E-state index contributed by atoms with van der Waals surface area (Å²) in [5, 5.41) is 6.03. The van der Waals surface area contributed by atoms with Crippen LogP contribution in [0, 0.1) is 0 Å². The fourth-order valence-electron chi connectivity index (χ4n) is 3.21. The number of hydrogen-bond acceptors (Lipinski definition) is 3. The van der Waals surface area contributed by atoms with E-state index in [1.165, 1.54) is 4.90 Å². The fourth-order valence-corrected chi connectivity index (χ4v) is 3.21. The molecule has 1 heterocycles. The maximum Gasteiger partial charge on any atom is 0.260 e. The first kappa shape index (κ1) is 16.0. The number of anilines is 1. The molecule has 26 heavy (non-hydrogen) atoms. The summed E-state index contributed by atoms with van der Waals surface area (Å²) in [4.78, 5) is 26.5. The highest BCUT2D eigenvalue weighted by Gasteiger charge is 2.30. The van der Waals surface area contributed by atoms with Crippen molar-refractivity contribution in [1.82, 2.24) is 5.43 Å². The third-order valence-electron chi connectivity index (χ3n) is 4.49. The Hall–Kier alpha value is -3.47. The van der Waals surface area contributed by atoms with Crippen molar-refractivity contribution in [3.05, 3.63) is 77.9 Å². The Morgan fingerprint density at radius 2 is 1.73 bits per heavy atom. The van der Waals surface area contributed by atoms with Crippen LogP contribution in [0.1, 0.15) is 22.8 Å². The summed E-state index contributed by atoms with van der Waals surface area (Å²) in [6.45, 7) is 1.76. The molecule has 1 aliphatic rings. The molecule has 3 aromatic carbocycles. The van der Waals surface area contributed by atoms with Gasteiger partial charge in [0, 0.05) is 10.9 Å². The minimum atomic E-state index is -0.335. The van der Waals surface area contributed by atoms with Crippen LogP contribution in [0.5, 0.6) is 0 Å². The predicted molar refractivity (Wildman–Crippen MR) is 102 cm³/mol. The van der Waals surface area contributed by atoms with Gasteiger partial charge in [-0.05, 0) is 30.0 Å². The highest BCUT2D eigenvalue weighted by atomic mass is 16.2. The molecule has 1 aliphatic heterocycles. The lowest BCUT2D eigenvalue weighted by molar-refractivity contribution is -0.119. The van der Waals surface area contributed by atoms with Crippen LogP contribution in [-0.2, 0) is 4.79 Å². The molecule has 0 atom stereocenters. The number of benzene rings is 3. The van der Waals surface area contributed by atoms with E-state index in [1.807, 2.05) is 67.6 Å². The number of carbonyl (C=O) groups excluding carboxylic acids is 2. The quantitative estimate of drug-likeness (QED) is 0.583. The number of nitrogens with one attached hydrogen (secondary N) is 1. The van der Waals surface area contributed by atoms with E-state index in [9.17, 15) is 9.59 Å². The van der Waals surface area contributed by atoms with Gasteiger partial charge in [-0.25, -0.2) is 5.43 Å². The number of rotatable bonds is 4. The van der Waals surface area contributed by atoms with Crippen LogP contribution in [0.4, 0.5) is 5.69 Å². The highest BCUT2D eigenvalue weighted by Crippen LogP contribution is 2.36. The van der Waals surface area contributed by atoms with Crippen LogP contribution in [0.3, 0.4) is 0 Å². The summed E-state index contributed by atoms with van der Waals surface area (Å²) in [5.74, 6) is -0.492. The van der Waals surface area contributed by atoms with Gasteiger partial charge in [-0.3, -0.25) is 14.5 Å². The smallest absolute Gasteiger partial charge is 0.260 e. The summed E-state index contributed by atoms with van der Waals surface area (Å²) in [5.41, 5.74) is 5.58. The molecule has 0 spiro atoms. The molecule has 0 aliphatic carbocycles. The number of nitrogens with zero attached hydrogens (tertiary/aromatic N) is 2. The summed E-state index contributed by atoms with van der Waals surface area (Å²) in [7, 11) is 0. The molecular formula is C21H17N3O2. The van der Waals surface area contributed by atoms with Crippen LogP contribution in [-0.4, -0.2) is 24.1 Å². The third-order valence-corrected chi connectivity index (χ3v) is 4.49. The maximum absolute atomic E-state index is 12.7. The Balaban J connectivity index is 1.53. The van der Waals surface area contributed by atoms with E-state index in [2.05, 4.69) is 10.5 Å². The molecule has 128 valence electrons. The van der Waals surface area contributed by atoms with Gasteiger partial charge in [0.15, 0.2) is 0 Å². The molecule has 0 aromatic heterocycles. The first-order valence-electron chi connectivity index (χ1n) is 8.37. The van der Waals surface area contributed by atoms with E-state index in [0.717, 1.165) is 22.0 Å². The Kier molecular flexibility index (Phi) is 3.97. The van der Waals surface area contributed by atoms with Crippen molar-refractivity contribution in [1.29, 1.82) is 0 Å². The topological polar surface area (TPSA) is 61.8 Å². The van der Waals surface area contributed by atoms with E-state index < -0.39 is 0 Å². The summed E-state index contributed by atoms with van der Waals surface area (Å²) >= 11 is 0. The zero-order chi connectivity index (χ0) is 18.1. The molecule has 1 N–H and O–H groups in total. The van der Waals surface area contributed by atoms with Crippen molar-refractivity contribution in [2.45, 2.75) is 6.92 Å². The first-order valence-corrected chi connectivity index (χ1v) is 8.37.